The van der Waals surface area contributed by atoms with Crippen LogP contribution in [0.2, 0.25) is 0 Å². The van der Waals surface area contributed by atoms with Gasteiger partial charge in [-0.15, -0.1) is 0 Å². The average Bonchev–Trinajstić information content (AvgIpc) is 2.14. The third-order valence-corrected chi connectivity index (χ3v) is 4.78. The van der Waals surface area contributed by atoms with E-state index in [4.69, 9.17) is 5.73 Å². The SMILES string of the molecule is CS(=O)(=O)c1ccc(C2(CN)CCC2)cc1F. The highest BCUT2D eigenvalue weighted by atomic mass is 32.2. The molecule has 1 aliphatic rings. The minimum Gasteiger partial charge on any atom is -0.330 e. The lowest BCUT2D eigenvalue weighted by molar-refractivity contribution is 0.252. The Morgan fingerprint density at radius 1 is 1.41 bits per heavy atom. The van der Waals surface area contributed by atoms with Crippen molar-refractivity contribution in [2.45, 2.75) is 29.6 Å². The van der Waals surface area contributed by atoms with Gasteiger partial charge in [0.25, 0.3) is 0 Å². The highest BCUT2D eigenvalue weighted by Crippen LogP contribution is 2.43. The van der Waals surface area contributed by atoms with Crippen LogP contribution in [0.5, 0.6) is 0 Å². The molecule has 2 rings (SSSR count). The van der Waals surface area contributed by atoms with Crippen LogP contribution in [0.1, 0.15) is 24.8 Å². The first-order chi connectivity index (χ1) is 7.89. The lowest BCUT2D eigenvalue weighted by Gasteiger charge is -2.41. The maximum atomic E-state index is 13.8. The monoisotopic (exact) mass is 257 g/mol. The van der Waals surface area contributed by atoms with Crippen molar-refractivity contribution in [3.05, 3.63) is 29.6 Å². The van der Waals surface area contributed by atoms with Crippen molar-refractivity contribution in [2.24, 2.45) is 5.73 Å². The Morgan fingerprint density at radius 3 is 2.41 bits per heavy atom. The number of hydrogen-bond acceptors (Lipinski definition) is 3. The van der Waals surface area contributed by atoms with Crippen LogP contribution in [0.25, 0.3) is 0 Å². The minimum absolute atomic E-state index is 0.142. The highest BCUT2D eigenvalue weighted by molar-refractivity contribution is 7.90. The Morgan fingerprint density at radius 2 is 2.06 bits per heavy atom. The Kier molecular flexibility index (Phi) is 2.99. The van der Waals surface area contributed by atoms with Crippen LogP contribution in [-0.4, -0.2) is 21.2 Å². The molecule has 0 amide bonds. The summed E-state index contributed by atoms with van der Waals surface area (Å²) in [7, 11) is -3.50. The first-order valence-electron chi connectivity index (χ1n) is 5.59. The van der Waals surface area contributed by atoms with Crippen molar-refractivity contribution in [3.8, 4) is 0 Å². The van der Waals surface area contributed by atoms with Crippen molar-refractivity contribution >= 4 is 9.84 Å². The van der Waals surface area contributed by atoms with E-state index in [9.17, 15) is 12.8 Å². The Labute approximate surface area is 101 Å². The Hall–Kier alpha value is -0.940. The molecule has 3 nitrogen and oxygen atoms in total. The van der Waals surface area contributed by atoms with Crippen LogP contribution in [0.4, 0.5) is 4.39 Å². The number of halogens is 1. The fourth-order valence-electron chi connectivity index (χ4n) is 2.35. The van der Waals surface area contributed by atoms with Crippen LogP contribution >= 0.6 is 0 Å². The molecule has 1 aromatic carbocycles. The van der Waals surface area contributed by atoms with E-state index in [1.165, 1.54) is 12.1 Å². The van der Waals surface area contributed by atoms with Gasteiger partial charge in [-0.1, -0.05) is 12.5 Å². The quantitative estimate of drug-likeness (QED) is 0.895. The zero-order valence-corrected chi connectivity index (χ0v) is 10.6. The third kappa shape index (κ3) is 2.09. The van der Waals surface area contributed by atoms with Crippen molar-refractivity contribution in [3.63, 3.8) is 0 Å². The van der Waals surface area contributed by atoms with Crippen molar-refractivity contribution < 1.29 is 12.8 Å². The smallest absolute Gasteiger partial charge is 0.178 e. The summed E-state index contributed by atoms with van der Waals surface area (Å²) in [5.74, 6) is -0.676. The topological polar surface area (TPSA) is 60.2 Å². The van der Waals surface area contributed by atoms with Gasteiger partial charge in [0.15, 0.2) is 9.84 Å². The van der Waals surface area contributed by atoms with E-state index in [0.29, 0.717) is 6.54 Å². The minimum atomic E-state index is -3.50. The average molecular weight is 257 g/mol. The lowest BCUT2D eigenvalue weighted by Crippen LogP contribution is -2.41. The number of sulfone groups is 1. The highest BCUT2D eigenvalue weighted by Gasteiger charge is 2.37. The molecule has 0 unspecified atom stereocenters. The van der Waals surface area contributed by atoms with Crippen LogP contribution in [0.15, 0.2) is 23.1 Å². The van der Waals surface area contributed by atoms with E-state index in [2.05, 4.69) is 0 Å². The van der Waals surface area contributed by atoms with Crippen molar-refractivity contribution in [1.82, 2.24) is 0 Å². The second kappa shape index (κ2) is 4.07. The maximum absolute atomic E-state index is 13.8. The number of benzene rings is 1. The van der Waals surface area contributed by atoms with Crippen molar-refractivity contribution in [1.29, 1.82) is 0 Å². The molecule has 1 aromatic rings. The lowest BCUT2D eigenvalue weighted by atomic mass is 9.64. The molecular weight excluding hydrogens is 241 g/mol. The molecule has 0 atom stereocenters. The molecule has 5 heteroatoms. The van der Waals surface area contributed by atoms with Crippen LogP contribution in [0, 0.1) is 5.82 Å². The Bertz CT molecular complexity index is 530. The summed E-state index contributed by atoms with van der Waals surface area (Å²) < 4.78 is 36.4. The molecular formula is C12H16FNO2S. The zero-order chi connectivity index (χ0) is 12.7. The molecule has 0 bridgehead atoms. The van der Waals surface area contributed by atoms with E-state index in [0.717, 1.165) is 31.1 Å². The fraction of sp³-hybridized carbons (Fsp3) is 0.500. The summed E-state index contributed by atoms with van der Waals surface area (Å²) in [6.45, 7) is 0.477. The van der Waals surface area contributed by atoms with Gasteiger partial charge in [0.05, 0.1) is 0 Å². The van der Waals surface area contributed by atoms with Gasteiger partial charge >= 0.3 is 0 Å². The summed E-state index contributed by atoms with van der Waals surface area (Å²) in [6.07, 6.45) is 3.99. The summed E-state index contributed by atoms with van der Waals surface area (Å²) in [5, 5.41) is 0. The number of nitrogens with two attached hydrogens (primary N) is 1. The fourth-order valence-corrected chi connectivity index (χ4v) is 3.07. The molecule has 0 spiro atoms. The van der Waals surface area contributed by atoms with E-state index in [1.54, 1.807) is 6.07 Å². The van der Waals surface area contributed by atoms with Crippen LogP contribution in [-0.2, 0) is 15.3 Å². The number of hydrogen-bond donors (Lipinski definition) is 1. The summed E-state index contributed by atoms with van der Waals surface area (Å²) in [4.78, 5) is -0.243. The van der Waals surface area contributed by atoms with Gasteiger partial charge in [0, 0.05) is 18.2 Å². The maximum Gasteiger partial charge on any atom is 0.178 e. The molecule has 17 heavy (non-hydrogen) atoms. The van der Waals surface area contributed by atoms with Gasteiger partial charge in [-0.25, -0.2) is 12.8 Å². The molecule has 1 fully saturated rings. The third-order valence-electron chi connectivity index (χ3n) is 3.65. The summed E-state index contributed by atoms with van der Waals surface area (Å²) >= 11 is 0. The van der Waals surface area contributed by atoms with E-state index in [1.807, 2.05) is 0 Å². The van der Waals surface area contributed by atoms with E-state index >= 15 is 0 Å². The normalized spacial score (nSPS) is 18.8. The second-order valence-corrected chi connectivity index (χ2v) is 6.74. The largest absolute Gasteiger partial charge is 0.330 e. The Balaban J connectivity index is 2.44. The standard InChI is InChI=1S/C12H16FNO2S/c1-17(15,16)11-4-3-9(7-10(11)13)12(8-14)5-2-6-12/h3-4,7H,2,5-6,8,14H2,1H3. The predicted molar refractivity (Wildman–Crippen MR) is 64.1 cm³/mol. The van der Waals surface area contributed by atoms with Gasteiger partial charge in [0.1, 0.15) is 10.7 Å². The molecule has 0 heterocycles. The molecule has 0 saturated heterocycles. The number of rotatable bonds is 3. The van der Waals surface area contributed by atoms with Gasteiger partial charge < -0.3 is 5.73 Å². The van der Waals surface area contributed by atoms with Crippen molar-refractivity contribution in [2.75, 3.05) is 12.8 Å². The van der Waals surface area contributed by atoms with E-state index < -0.39 is 15.7 Å². The first-order valence-corrected chi connectivity index (χ1v) is 7.48. The molecule has 2 N–H and O–H groups in total. The van der Waals surface area contributed by atoms with Crippen LogP contribution in [0.3, 0.4) is 0 Å². The first kappa shape index (κ1) is 12.5. The van der Waals surface area contributed by atoms with E-state index in [-0.39, 0.29) is 10.3 Å². The molecule has 1 aliphatic carbocycles. The zero-order valence-electron chi connectivity index (χ0n) is 9.74. The summed E-state index contributed by atoms with van der Waals surface area (Å²) in [5.41, 5.74) is 6.41. The van der Waals surface area contributed by atoms with Gasteiger partial charge in [-0.3, -0.25) is 0 Å². The predicted octanol–water partition coefficient (Wildman–Crippen LogP) is 1.61. The van der Waals surface area contributed by atoms with Gasteiger partial charge in [0.2, 0.25) is 0 Å². The molecule has 0 aromatic heterocycles. The van der Waals surface area contributed by atoms with Gasteiger partial charge in [-0.05, 0) is 30.5 Å². The van der Waals surface area contributed by atoms with Crippen LogP contribution < -0.4 is 5.73 Å². The van der Waals surface area contributed by atoms with Gasteiger partial charge in [-0.2, -0.15) is 0 Å². The molecule has 94 valence electrons. The molecule has 0 aliphatic heterocycles. The molecule has 1 saturated carbocycles. The summed E-state index contributed by atoms with van der Waals surface area (Å²) in [6, 6.07) is 4.35. The molecule has 0 radical (unpaired) electrons. The second-order valence-electron chi connectivity index (χ2n) is 4.76.